The predicted molar refractivity (Wildman–Crippen MR) is 160 cm³/mol. The average molecular weight is 616 g/mol. The van der Waals surface area contributed by atoms with Crippen LogP contribution in [0.15, 0.2) is 42.5 Å². The Morgan fingerprint density at radius 3 is 2.31 bits per heavy atom. The fourth-order valence-electron chi connectivity index (χ4n) is 6.34. The maximum atomic E-state index is 13.7. The van der Waals surface area contributed by atoms with Gasteiger partial charge in [0, 0.05) is 57.3 Å². The van der Waals surface area contributed by atoms with Crippen LogP contribution in [-0.2, 0) is 27.3 Å². The molecule has 4 amide bonds. The summed E-state index contributed by atoms with van der Waals surface area (Å²) in [6, 6.07) is 13.0. The van der Waals surface area contributed by atoms with E-state index in [-0.39, 0.29) is 42.6 Å². The molecule has 2 saturated heterocycles. The summed E-state index contributed by atoms with van der Waals surface area (Å²) in [6.45, 7) is 2.54. The second kappa shape index (κ2) is 13.3. The van der Waals surface area contributed by atoms with E-state index in [1.54, 1.807) is 21.9 Å². The minimum absolute atomic E-state index is 0.0307. The Kier molecular flexibility index (Phi) is 9.58. The molecule has 2 N–H and O–H groups in total. The summed E-state index contributed by atoms with van der Waals surface area (Å²) in [4.78, 5) is 56.6. The van der Waals surface area contributed by atoms with Crippen LogP contribution in [0.1, 0.15) is 49.7 Å². The van der Waals surface area contributed by atoms with Gasteiger partial charge in [-0.2, -0.15) is 0 Å². The van der Waals surface area contributed by atoms with Gasteiger partial charge in [0.1, 0.15) is 0 Å². The molecule has 3 aliphatic rings. The number of likely N-dealkylation sites (tertiary alicyclic amines) is 2. The van der Waals surface area contributed by atoms with Crippen molar-refractivity contribution in [3.8, 4) is 0 Å². The van der Waals surface area contributed by atoms with Crippen molar-refractivity contribution in [1.82, 2.24) is 14.7 Å². The fourth-order valence-corrected chi connectivity index (χ4v) is 6.67. The standard InChI is InChI=1S/C31H36Cl2N4O5/c32-25-6-5-21(16-26(25)33)15-23(30(41)36-11-7-20(8-12-36)17-29(39)40)18-28(38)35-13-9-24(10-14-35)37-19-22-3-1-2-4-27(22)34-31(37)42/h1-6,16,20,23-24H,7-15,17-19H2,(H,34,42)(H,39,40). The quantitative estimate of drug-likeness (QED) is 0.419. The maximum absolute atomic E-state index is 13.7. The van der Waals surface area contributed by atoms with Crippen molar-refractivity contribution in [2.24, 2.45) is 11.8 Å². The number of rotatable bonds is 8. The van der Waals surface area contributed by atoms with Crippen LogP contribution in [-0.4, -0.2) is 75.8 Å². The first-order valence-corrected chi connectivity index (χ1v) is 15.3. The van der Waals surface area contributed by atoms with E-state index < -0.39 is 11.9 Å². The normalized spacial score (nSPS) is 18.8. The number of halogens is 2. The van der Waals surface area contributed by atoms with E-state index in [2.05, 4.69) is 5.32 Å². The Hall–Kier alpha value is -3.30. The fraction of sp³-hybridized carbons (Fsp3) is 0.484. The van der Waals surface area contributed by atoms with Gasteiger partial charge in [0.2, 0.25) is 11.8 Å². The zero-order chi connectivity index (χ0) is 29.8. The number of urea groups is 1. The van der Waals surface area contributed by atoms with Crippen LogP contribution < -0.4 is 5.32 Å². The Morgan fingerprint density at radius 1 is 0.929 bits per heavy atom. The highest BCUT2D eigenvalue weighted by molar-refractivity contribution is 6.42. The van der Waals surface area contributed by atoms with Crippen molar-refractivity contribution in [3.63, 3.8) is 0 Å². The lowest BCUT2D eigenvalue weighted by Gasteiger charge is -2.41. The minimum atomic E-state index is -0.822. The second-order valence-corrected chi connectivity index (χ2v) is 12.4. The number of piperidine rings is 2. The Bertz CT molecular complexity index is 1340. The molecule has 3 aliphatic heterocycles. The number of benzene rings is 2. The van der Waals surface area contributed by atoms with E-state index in [4.69, 9.17) is 28.3 Å². The van der Waals surface area contributed by atoms with Crippen molar-refractivity contribution >= 4 is 52.7 Å². The van der Waals surface area contributed by atoms with Crippen molar-refractivity contribution in [2.45, 2.75) is 57.5 Å². The number of nitrogens with zero attached hydrogens (tertiary/aromatic N) is 3. The van der Waals surface area contributed by atoms with Crippen LogP contribution in [0.5, 0.6) is 0 Å². The van der Waals surface area contributed by atoms with Crippen LogP contribution in [0, 0.1) is 11.8 Å². The van der Waals surface area contributed by atoms with Gasteiger partial charge in [-0.25, -0.2) is 4.79 Å². The van der Waals surface area contributed by atoms with Gasteiger partial charge < -0.3 is 25.1 Å². The first-order valence-electron chi connectivity index (χ1n) is 14.6. The lowest BCUT2D eigenvalue weighted by atomic mass is 9.90. The number of nitrogens with one attached hydrogen (secondary N) is 1. The molecule has 2 aromatic carbocycles. The molecular weight excluding hydrogens is 579 g/mol. The van der Waals surface area contributed by atoms with E-state index >= 15 is 0 Å². The third-order valence-electron chi connectivity index (χ3n) is 8.74. The van der Waals surface area contributed by atoms with E-state index in [1.165, 1.54) is 0 Å². The highest BCUT2D eigenvalue weighted by Gasteiger charge is 2.35. The molecule has 42 heavy (non-hydrogen) atoms. The van der Waals surface area contributed by atoms with Gasteiger partial charge in [-0.15, -0.1) is 0 Å². The number of carbonyl (C=O) groups is 4. The summed E-state index contributed by atoms with van der Waals surface area (Å²) in [7, 11) is 0. The van der Waals surface area contributed by atoms with Gasteiger partial charge in [0.25, 0.3) is 0 Å². The molecular formula is C31H36Cl2N4O5. The molecule has 0 spiro atoms. The third kappa shape index (κ3) is 7.18. The number of amides is 4. The summed E-state index contributed by atoms with van der Waals surface area (Å²) in [5, 5.41) is 12.9. The summed E-state index contributed by atoms with van der Waals surface area (Å²) < 4.78 is 0. The van der Waals surface area contributed by atoms with Gasteiger partial charge in [0.05, 0.1) is 16.0 Å². The highest BCUT2D eigenvalue weighted by Crippen LogP contribution is 2.30. The molecule has 0 radical (unpaired) electrons. The van der Waals surface area contributed by atoms with E-state index in [1.807, 2.05) is 35.2 Å². The van der Waals surface area contributed by atoms with Crippen LogP contribution in [0.2, 0.25) is 10.0 Å². The Balaban J connectivity index is 1.21. The SMILES string of the molecule is O=C(O)CC1CCN(C(=O)C(CC(=O)N2CCC(N3Cc4ccccc4NC3=O)CC2)Cc2ccc(Cl)c(Cl)c2)CC1. The molecule has 0 saturated carbocycles. The van der Waals surface area contributed by atoms with E-state index in [0.29, 0.717) is 74.9 Å². The first kappa shape index (κ1) is 30.2. The number of carboxylic acids is 1. The van der Waals surface area contributed by atoms with E-state index in [0.717, 1.165) is 16.8 Å². The molecule has 224 valence electrons. The largest absolute Gasteiger partial charge is 0.481 e. The maximum Gasteiger partial charge on any atom is 0.322 e. The van der Waals surface area contributed by atoms with Crippen LogP contribution in [0.25, 0.3) is 0 Å². The van der Waals surface area contributed by atoms with Crippen molar-refractivity contribution in [1.29, 1.82) is 0 Å². The molecule has 9 nitrogen and oxygen atoms in total. The summed E-state index contributed by atoms with van der Waals surface area (Å²) in [5.74, 6) is -1.52. The molecule has 1 unspecified atom stereocenters. The number of anilines is 1. The lowest BCUT2D eigenvalue weighted by Crippen LogP contribution is -2.51. The number of aliphatic carboxylic acids is 1. The monoisotopic (exact) mass is 614 g/mol. The molecule has 3 heterocycles. The van der Waals surface area contributed by atoms with Gasteiger partial charge in [-0.3, -0.25) is 14.4 Å². The molecule has 2 fully saturated rings. The minimum Gasteiger partial charge on any atom is -0.481 e. The number of carboxylic acid groups (broad SMARTS) is 1. The van der Waals surface area contributed by atoms with Crippen LogP contribution >= 0.6 is 23.2 Å². The number of carbonyl (C=O) groups excluding carboxylic acids is 3. The molecule has 0 aromatic heterocycles. The van der Waals surface area contributed by atoms with E-state index in [9.17, 15) is 19.2 Å². The molecule has 1 atom stereocenters. The van der Waals surface area contributed by atoms with Crippen molar-refractivity contribution < 1.29 is 24.3 Å². The molecule has 0 aliphatic carbocycles. The van der Waals surface area contributed by atoms with Gasteiger partial charge in [0.15, 0.2) is 0 Å². The predicted octanol–water partition coefficient (Wildman–Crippen LogP) is 5.29. The smallest absolute Gasteiger partial charge is 0.322 e. The zero-order valence-electron chi connectivity index (χ0n) is 23.4. The van der Waals surface area contributed by atoms with Gasteiger partial charge >= 0.3 is 12.0 Å². The van der Waals surface area contributed by atoms with Gasteiger partial charge in [-0.1, -0.05) is 47.5 Å². The molecule has 0 bridgehead atoms. The topological polar surface area (TPSA) is 110 Å². The molecule has 11 heteroatoms. The summed E-state index contributed by atoms with van der Waals surface area (Å²) >= 11 is 12.3. The molecule has 2 aromatic rings. The number of hydrogen-bond acceptors (Lipinski definition) is 4. The van der Waals surface area contributed by atoms with Crippen molar-refractivity contribution in [3.05, 3.63) is 63.6 Å². The summed E-state index contributed by atoms with van der Waals surface area (Å²) in [5.41, 5.74) is 2.74. The number of hydrogen-bond donors (Lipinski definition) is 2. The van der Waals surface area contributed by atoms with Crippen molar-refractivity contribution in [2.75, 3.05) is 31.5 Å². The molecule has 5 rings (SSSR count). The summed E-state index contributed by atoms with van der Waals surface area (Å²) in [6.07, 6.45) is 3.13. The lowest BCUT2D eigenvalue weighted by molar-refractivity contribution is -0.143. The van der Waals surface area contributed by atoms with Gasteiger partial charge in [-0.05, 0) is 67.3 Å². The number of para-hydroxylation sites is 1. The Morgan fingerprint density at radius 2 is 1.62 bits per heavy atom. The average Bonchev–Trinajstić information content (AvgIpc) is 2.98. The first-order chi connectivity index (χ1) is 20.2. The number of fused-ring (bicyclic) bond motifs is 1. The second-order valence-electron chi connectivity index (χ2n) is 11.5. The van der Waals surface area contributed by atoms with Crippen LogP contribution in [0.3, 0.4) is 0 Å². The zero-order valence-corrected chi connectivity index (χ0v) is 24.9. The Labute approximate surface area is 255 Å². The highest BCUT2D eigenvalue weighted by atomic mass is 35.5. The van der Waals surface area contributed by atoms with Crippen LogP contribution in [0.4, 0.5) is 10.5 Å². The third-order valence-corrected chi connectivity index (χ3v) is 9.48.